The molecule has 0 bridgehead atoms. The van der Waals surface area contributed by atoms with E-state index in [2.05, 4.69) is 27.1 Å². The monoisotopic (exact) mass is 748 g/mol. The molecule has 3 aromatic rings. The number of aryl methyl sites for hydroxylation is 1. The van der Waals surface area contributed by atoms with Gasteiger partial charge in [-0.3, -0.25) is 4.79 Å². The summed E-state index contributed by atoms with van der Waals surface area (Å²) in [6.07, 6.45) is 3.86. The summed E-state index contributed by atoms with van der Waals surface area (Å²) in [4.78, 5) is 31.4. The van der Waals surface area contributed by atoms with Gasteiger partial charge in [-0.25, -0.2) is 17.9 Å². The molecule has 0 radical (unpaired) electrons. The number of piperidine rings is 1. The Balaban J connectivity index is 1.37. The lowest BCUT2D eigenvalue weighted by Crippen LogP contribution is -2.56. The number of unbranched alkanes of at least 4 members (excludes halogenated alkanes) is 1. The molecule has 5 rings (SSSR count). The highest BCUT2D eigenvalue weighted by molar-refractivity contribution is 7.89. The van der Waals surface area contributed by atoms with E-state index >= 15 is 0 Å². The Morgan fingerprint density at radius 1 is 0.925 bits per heavy atom. The molecule has 2 N–H and O–H groups in total. The van der Waals surface area contributed by atoms with Crippen LogP contribution >= 0.6 is 0 Å². The van der Waals surface area contributed by atoms with Crippen molar-refractivity contribution in [3.8, 4) is 11.5 Å². The molecule has 2 aliphatic rings. The Morgan fingerprint density at radius 2 is 1.57 bits per heavy atom. The number of likely N-dealkylation sites (tertiary alicyclic amines) is 1. The number of ether oxygens (including phenoxy) is 3. The van der Waals surface area contributed by atoms with Crippen molar-refractivity contribution in [2.45, 2.75) is 81.2 Å². The van der Waals surface area contributed by atoms with Gasteiger partial charge in [-0.1, -0.05) is 48.5 Å². The van der Waals surface area contributed by atoms with E-state index in [-0.39, 0.29) is 36.9 Å². The number of benzene rings is 3. The molecule has 1 saturated heterocycles. The number of sulfonamides is 1. The number of carbonyl (C=O) groups is 2. The van der Waals surface area contributed by atoms with Crippen molar-refractivity contribution in [3.05, 3.63) is 89.5 Å². The molecule has 0 saturated carbocycles. The average molecular weight is 749 g/mol. The SMILES string of the molecule is COCCCCC1(CNC(=O)[C@H]2C[C@@H](NS(=O)(=O)c3ccc(CCCN(C)C)cc3)CN(C(=O)OC(C)(C)C)C2)c2ccccc2Oc2ccccc21. The second-order valence-electron chi connectivity index (χ2n) is 15.5. The van der Waals surface area contributed by atoms with Crippen LogP contribution in [0.4, 0.5) is 4.79 Å². The highest BCUT2D eigenvalue weighted by atomic mass is 32.2. The molecule has 0 spiro atoms. The molecule has 11 nitrogen and oxygen atoms in total. The zero-order valence-electron chi connectivity index (χ0n) is 32.0. The van der Waals surface area contributed by atoms with Gasteiger partial charge in [0.2, 0.25) is 15.9 Å². The molecule has 0 unspecified atom stereocenters. The van der Waals surface area contributed by atoms with E-state index in [0.717, 1.165) is 66.8 Å². The lowest BCUT2D eigenvalue weighted by Gasteiger charge is -2.42. The summed E-state index contributed by atoms with van der Waals surface area (Å²) in [6, 6.07) is 22.0. The molecular formula is C41H56N4O7S. The maximum absolute atomic E-state index is 14.3. The Bertz CT molecular complexity index is 1760. The molecule has 0 aliphatic carbocycles. The smallest absolute Gasteiger partial charge is 0.410 e. The lowest BCUT2D eigenvalue weighted by atomic mass is 9.69. The number of fused-ring (bicyclic) bond motifs is 2. The van der Waals surface area contributed by atoms with E-state index in [1.807, 2.05) is 62.6 Å². The number of nitrogens with zero attached hydrogens (tertiary/aromatic N) is 2. The van der Waals surface area contributed by atoms with Crippen LogP contribution in [0.5, 0.6) is 11.5 Å². The van der Waals surface area contributed by atoms with Gasteiger partial charge in [0.05, 0.1) is 10.8 Å². The summed E-state index contributed by atoms with van der Waals surface area (Å²) < 4.78 is 47.5. The van der Waals surface area contributed by atoms with Gasteiger partial charge >= 0.3 is 6.09 Å². The Labute approximate surface area is 315 Å². The van der Waals surface area contributed by atoms with E-state index in [1.54, 1.807) is 40.0 Å². The van der Waals surface area contributed by atoms with Gasteiger partial charge in [0.25, 0.3) is 0 Å². The summed E-state index contributed by atoms with van der Waals surface area (Å²) in [5, 5.41) is 3.25. The van der Waals surface area contributed by atoms with Gasteiger partial charge in [0, 0.05) is 55.9 Å². The van der Waals surface area contributed by atoms with Gasteiger partial charge in [0.15, 0.2) is 0 Å². The van der Waals surface area contributed by atoms with Gasteiger partial charge in [-0.15, -0.1) is 0 Å². The van der Waals surface area contributed by atoms with Gasteiger partial charge in [-0.05, 0) is 110 Å². The standard InChI is InChI=1S/C41H56N4O7S/c1-40(2,3)52-39(47)45-27-31(26-32(28-45)43-53(48,49)33-21-19-30(20-22-33)14-13-24-44(4)5)38(46)42-29-41(23-11-12-25-50-6)34-15-7-9-17-36(34)51-37-18-10-8-16-35(37)41/h7-10,15-22,31-32,43H,11-14,23-29H2,1-6H3,(H,42,46)/t31-,32+/m0/s1. The maximum atomic E-state index is 14.3. The Morgan fingerprint density at radius 3 is 2.17 bits per heavy atom. The van der Waals surface area contributed by atoms with E-state index in [4.69, 9.17) is 14.2 Å². The molecule has 53 heavy (non-hydrogen) atoms. The van der Waals surface area contributed by atoms with Crippen LogP contribution in [0.3, 0.4) is 0 Å². The van der Waals surface area contributed by atoms with Crippen molar-refractivity contribution in [2.75, 3.05) is 54.0 Å². The summed E-state index contributed by atoms with van der Waals surface area (Å²) in [5.41, 5.74) is 1.68. The topological polar surface area (TPSA) is 127 Å². The predicted octanol–water partition coefficient (Wildman–Crippen LogP) is 6.11. The minimum atomic E-state index is -3.96. The van der Waals surface area contributed by atoms with Crippen LogP contribution in [0.25, 0.3) is 0 Å². The Kier molecular flexibility index (Phi) is 13.2. The summed E-state index contributed by atoms with van der Waals surface area (Å²) in [7, 11) is 1.78. The van der Waals surface area contributed by atoms with Gasteiger partial charge in [-0.2, -0.15) is 0 Å². The summed E-state index contributed by atoms with van der Waals surface area (Å²) >= 11 is 0. The number of carbonyl (C=O) groups excluding carboxylic acids is 2. The first-order valence-corrected chi connectivity index (χ1v) is 20.1. The third-order valence-corrected chi connectivity index (χ3v) is 11.4. The lowest BCUT2D eigenvalue weighted by molar-refractivity contribution is -0.127. The first-order chi connectivity index (χ1) is 25.2. The second kappa shape index (κ2) is 17.4. The fraction of sp³-hybridized carbons (Fsp3) is 0.512. The molecule has 288 valence electrons. The molecule has 1 fully saturated rings. The third-order valence-electron chi connectivity index (χ3n) is 9.89. The zero-order chi connectivity index (χ0) is 38.2. The predicted molar refractivity (Wildman–Crippen MR) is 206 cm³/mol. The largest absolute Gasteiger partial charge is 0.457 e. The van der Waals surface area contributed by atoms with Crippen molar-refractivity contribution < 1.29 is 32.2 Å². The minimum Gasteiger partial charge on any atom is -0.457 e. The molecule has 2 amide bonds. The summed E-state index contributed by atoms with van der Waals surface area (Å²) in [6.45, 7) is 7.35. The fourth-order valence-corrected chi connectivity index (χ4v) is 8.58. The minimum absolute atomic E-state index is 0.0715. The quantitative estimate of drug-likeness (QED) is 0.179. The number of hydrogen-bond acceptors (Lipinski definition) is 8. The number of hydrogen-bond donors (Lipinski definition) is 2. The maximum Gasteiger partial charge on any atom is 0.410 e. The van der Waals surface area contributed by atoms with E-state index in [0.29, 0.717) is 6.61 Å². The molecular weight excluding hydrogens is 693 g/mol. The Hall–Kier alpha value is -3.97. The van der Waals surface area contributed by atoms with Crippen molar-refractivity contribution in [2.24, 2.45) is 5.92 Å². The molecule has 2 aliphatic heterocycles. The van der Waals surface area contributed by atoms with Crippen LogP contribution in [-0.4, -0.2) is 95.9 Å². The number of rotatable bonds is 15. The first-order valence-electron chi connectivity index (χ1n) is 18.6. The third kappa shape index (κ3) is 10.4. The number of nitrogens with one attached hydrogen (secondary N) is 2. The van der Waals surface area contributed by atoms with Crippen LogP contribution in [-0.2, 0) is 36.1 Å². The van der Waals surface area contributed by atoms with Gasteiger partial charge < -0.3 is 29.3 Å². The average Bonchev–Trinajstić information content (AvgIpc) is 3.11. The van der Waals surface area contributed by atoms with Crippen LogP contribution < -0.4 is 14.8 Å². The van der Waals surface area contributed by atoms with Crippen LogP contribution in [0.2, 0.25) is 0 Å². The molecule has 12 heteroatoms. The van der Waals surface area contributed by atoms with Crippen molar-refractivity contribution in [1.29, 1.82) is 0 Å². The van der Waals surface area contributed by atoms with Crippen LogP contribution in [0.1, 0.15) is 69.6 Å². The fourth-order valence-electron chi connectivity index (χ4n) is 7.34. The molecule has 0 aromatic heterocycles. The molecule has 3 aromatic carbocycles. The first kappa shape index (κ1) is 40.2. The van der Waals surface area contributed by atoms with Crippen LogP contribution in [0, 0.1) is 5.92 Å². The van der Waals surface area contributed by atoms with E-state index in [1.165, 1.54) is 4.90 Å². The highest BCUT2D eigenvalue weighted by Crippen LogP contribution is 2.50. The van der Waals surface area contributed by atoms with Crippen LogP contribution in [0.15, 0.2) is 77.7 Å². The normalized spacial score (nSPS) is 18.1. The highest BCUT2D eigenvalue weighted by Gasteiger charge is 2.43. The second-order valence-corrected chi connectivity index (χ2v) is 17.2. The number of para-hydroxylation sites is 2. The molecule has 2 heterocycles. The van der Waals surface area contributed by atoms with Crippen molar-refractivity contribution in [1.82, 2.24) is 19.8 Å². The number of amides is 2. The van der Waals surface area contributed by atoms with Crippen molar-refractivity contribution in [3.63, 3.8) is 0 Å². The number of methoxy groups -OCH3 is 1. The van der Waals surface area contributed by atoms with Gasteiger partial charge in [0.1, 0.15) is 17.1 Å². The summed E-state index contributed by atoms with van der Waals surface area (Å²) in [5.74, 6) is 0.537. The van der Waals surface area contributed by atoms with E-state index < -0.39 is 39.1 Å². The molecule has 2 atom stereocenters. The zero-order valence-corrected chi connectivity index (χ0v) is 32.8. The van der Waals surface area contributed by atoms with Crippen molar-refractivity contribution >= 4 is 22.0 Å². The van der Waals surface area contributed by atoms with E-state index in [9.17, 15) is 18.0 Å².